The molecular formula is C6H14N+. The molecule has 1 fully saturated rings. The van der Waals surface area contributed by atoms with Crippen LogP contribution in [0, 0.1) is 0 Å². The van der Waals surface area contributed by atoms with E-state index in [1.807, 2.05) is 0 Å². The van der Waals surface area contributed by atoms with Crippen molar-refractivity contribution in [1.82, 2.24) is 5.32 Å². The van der Waals surface area contributed by atoms with Crippen molar-refractivity contribution in [2.75, 3.05) is 13.1 Å². The topological polar surface area (TPSA) is 12.0 Å². The van der Waals surface area contributed by atoms with Crippen molar-refractivity contribution in [3.63, 3.8) is 0 Å². The van der Waals surface area contributed by atoms with E-state index in [0.29, 0.717) is 0 Å². The quantitative estimate of drug-likeness (QED) is 0.483. The molecule has 0 saturated carbocycles. The molecule has 0 aromatic rings. The summed E-state index contributed by atoms with van der Waals surface area (Å²) >= 11 is 0. The molecule has 0 aliphatic carbocycles. The minimum atomic E-state index is 0. The van der Waals surface area contributed by atoms with Gasteiger partial charge in [0, 0.05) is 0 Å². The Kier molecular flexibility index (Phi) is 2.21. The Balaban J connectivity index is 0.000000490. The van der Waals surface area contributed by atoms with Gasteiger partial charge in [0.2, 0.25) is 0 Å². The minimum absolute atomic E-state index is 0. The summed E-state index contributed by atoms with van der Waals surface area (Å²) in [5, 5.41) is 3.35. The Labute approximate surface area is 46.6 Å². The molecule has 1 aliphatic rings. The minimum Gasteiger partial charge on any atom is -0.317 e. The third-order valence-corrected chi connectivity index (χ3v) is 1.46. The molecule has 1 rings (SSSR count). The molecule has 7 heavy (non-hydrogen) atoms. The molecule has 1 aliphatic heterocycles. The van der Waals surface area contributed by atoms with E-state index in [0.717, 1.165) is 0 Å². The lowest BCUT2D eigenvalue weighted by Crippen LogP contribution is -2.12. The van der Waals surface area contributed by atoms with Gasteiger partial charge in [0.25, 0.3) is 0 Å². The van der Waals surface area contributed by atoms with Crippen LogP contribution in [0.15, 0.2) is 0 Å². The summed E-state index contributed by atoms with van der Waals surface area (Å²) in [6, 6.07) is 0. The molecular weight excluding hydrogens is 86.1 g/mol. The highest BCUT2D eigenvalue weighted by Gasteiger charge is 1.94. The van der Waals surface area contributed by atoms with Gasteiger partial charge in [-0.05, 0) is 25.9 Å². The van der Waals surface area contributed by atoms with Gasteiger partial charge in [0.15, 0.2) is 0 Å². The lowest BCUT2D eigenvalue weighted by atomic mass is 10.2. The molecule has 1 saturated heterocycles. The van der Waals surface area contributed by atoms with Gasteiger partial charge in [-0.2, -0.15) is 0 Å². The highest BCUT2D eigenvalue weighted by Crippen LogP contribution is 2.00. The van der Waals surface area contributed by atoms with Crippen LogP contribution in [0.3, 0.4) is 0 Å². The maximum Gasteiger partial charge on any atom is 1.00 e. The van der Waals surface area contributed by atoms with Crippen LogP contribution in [-0.4, -0.2) is 13.1 Å². The first kappa shape index (κ1) is 5.10. The first-order valence-electron chi connectivity index (χ1n) is 3.21. The zero-order valence-corrected chi connectivity index (χ0v) is 4.74. The number of nitrogens with one attached hydrogen (secondary N) is 1. The van der Waals surface area contributed by atoms with E-state index in [-0.39, 0.29) is 1.43 Å². The lowest BCUT2D eigenvalue weighted by molar-refractivity contribution is 0.702. The second-order valence-corrected chi connectivity index (χ2v) is 2.16. The molecule has 0 bridgehead atoms. The summed E-state index contributed by atoms with van der Waals surface area (Å²) in [5.74, 6) is 0. The Morgan fingerprint density at radius 1 is 0.857 bits per heavy atom. The van der Waals surface area contributed by atoms with Gasteiger partial charge in [0.1, 0.15) is 0 Å². The van der Waals surface area contributed by atoms with Crippen LogP contribution in [0.4, 0.5) is 0 Å². The van der Waals surface area contributed by atoms with Crippen LogP contribution in [0.1, 0.15) is 27.1 Å². The molecule has 1 nitrogen and oxygen atoms in total. The van der Waals surface area contributed by atoms with Crippen molar-refractivity contribution in [2.45, 2.75) is 25.7 Å². The monoisotopic (exact) mass is 100 g/mol. The molecule has 0 atom stereocenters. The van der Waals surface area contributed by atoms with E-state index in [4.69, 9.17) is 0 Å². The third kappa shape index (κ3) is 1.93. The Morgan fingerprint density at radius 3 is 2.00 bits per heavy atom. The van der Waals surface area contributed by atoms with E-state index < -0.39 is 0 Å². The molecule has 1 heteroatoms. The van der Waals surface area contributed by atoms with Crippen LogP contribution >= 0.6 is 0 Å². The molecule has 0 spiro atoms. The average molecular weight is 100 g/mol. The Bertz CT molecular complexity index is 28.1. The van der Waals surface area contributed by atoms with Gasteiger partial charge >= 0.3 is 1.43 Å². The third-order valence-electron chi connectivity index (χ3n) is 1.46. The van der Waals surface area contributed by atoms with Gasteiger partial charge in [0.05, 0.1) is 0 Å². The summed E-state index contributed by atoms with van der Waals surface area (Å²) in [6.45, 7) is 2.50. The largest absolute Gasteiger partial charge is 1.00 e. The van der Waals surface area contributed by atoms with Crippen molar-refractivity contribution in [3.8, 4) is 0 Å². The predicted molar refractivity (Wildman–Crippen MR) is 32.4 cm³/mol. The van der Waals surface area contributed by atoms with Crippen LogP contribution in [0.25, 0.3) is 0 Å². The molecule has 0 unspecified atom stereocenters. The number of rotatable bonds is 0. The normalized spacial score (nSPS) is 24.0. The van der Waals surface area contributed by atoms with E-state index in [9.17, 15) is 0 Å². The van der Waals surface area contributed by atoms with Gasteiger partial charge in [-0.15, -0.1) is 0 Å². The molecule has 1 N–H and O–H groups in total. The van der Waals surface area contributed by atoms with Crippen LogP contribution < -0.4 is 5.32 Å². The number of hydrogen-bond acceptors (Lipinski definition) is 1. The fourth-order valence-corrected chi connectivity index (χ4v) is 0.979. The van der Waals surface area contributed by atoms with Crippen LogP contribution in [0.5, 0.6) is 0 Å². The maximum atomic E-state index is 3.35. The smallest absolute Gasteiger partial charge is 0.317 e. The molecule has 0 aromatic carbocycles. The Morgan fingerprint density at radius 2 is 1.43 bits per heavy atom. The van der Waals surface area contributed by atoms with E-state index in [1.165, 1.54) is 38.8 Å². The van der Waals surface area contributed by atoms with Crippen LogP contribution in [-0.2, 0) is 0 Å². The molecule has 0 aromatic heterocycles. The van der Waals surface area contributed by atoms with Gasteiger partial charge in [-0.25, -0.2) is 0 Å². The van der Waals surface area contributed by atoms with Crippen molar-refractivity contribution in [1.29, 1.82) is 0 Å². The second kappa shape index (κ2) is 3.03. The van der Waals surface area contributed by atoms with Gasteiger partial charge < -0.3 is 5.32 Å². The lowest BCUT2D eigenvalue weighted by Gasteiger charge is -1.91. The van der Waals surface area contributed by atoms with E-state index in [2.05, 4.69) is 5.32 Å². The van der Waals surface area contributed by atoms with Gasteiger partial charge in [-0.1, -0.05) is 12.8 Å². The molecule has 0 amide bonds. The summed E-state index contributed by atoms with van der Waals surface area (Å²) in [4.78, 5) is 0. The summed E-state index contributed by atoms with van der Waals surface area (Å²) in [6.07, 6.45) is 5.65. The van der Waals surface area contributed by atoms with E-state index in [1.54, 1.807) is 0 Å². The summed E-state index contributed by atoms with van der Waals surface area (Å²) < 4.78 is 0. The standard InChI is InChI=1S/C6H13N/c1-2-4-6-7-5-3-1/h7H,1-6H2/p+1. The van der Waals surface area contributed by atoms with E-state index >= 15 is 0 Å². The van der Waals surface area contributed by atoms with Gasteiger partial charge in [-0.3, -0.25) is 0 Å². The highest BCUT2D eigenvalue weighted by atomic mass is 14.8. The SMILES string of the molecule is C1CCCNCC1.[H+]. The zero-order valence-electron chi connectivity index (χ0n) is 5.74. The van der Waals surface area contributed by atoms with Crippen molar-refractivity contribution in [3.05, 3.63) is 0 Å². The number of hydrogen-bond donors (Lipinski definition) is 1. The second-order valence-electron chi connectivity index (χ2n) is 2.16. The van der Waals surface area contributed by atoms with Crippen molar-refractivity contribution in [2.24, 2.45) is 0 Å². The zero-order chi connectivity index (χ0) is 4.95. The Hall–Kier alpha value is -0.0400. The fourth-order valence-electron chi connectivity index (χ4n) is 0.979. The molecule has 0 radical (unpaired) electrons. The summed E-state index contributed by atoms with van der Waals surface area (Å²) in [7, 11) is 0. The molecule has 42 valence electrons. The van der Waals surface area contributed by atoms with Crippen LogP contribution in [0.2, 0.25) is 0 Å². The first-order valence-corrected chi connectivity index (χ1v) is 3.21. The molecule has 1 heterocycles. The maximum absolute atomic E-state index is 3.35. The highest BCUT2D eigenvalue weighted by molar-refractivity contribution is 4.54. The van der Waals surface area contributed by atoms with Crippen molar-refractivity contribution >= 4 is 0 Å². The average Bonchev–Trinajstić information content (AvgIpc) is 1.90. The first-order chi connectivity index (χ1) is 3.50. The summed E-state index contributed by atoms with van der Waals surface area (Å²) in [5.41, 5.74) is 0. The fraction of sp³-hybridized carbons (Fsp3) is 1.00. The predicted octanol–water partition coefficient (Wildman–Crippen LogP) is 1.26. The van der Waals surface area contributed by atoms with Crippen molar-refractivity contribution < 1.29 is 1.43 Å².